The van der Waals surface area contributed by atoms with Crippen LogP contribution in [0.3, 0.4) is 0 Å². The predicted octanol–water partition coefficient (Wildman–Crippen LogP) is 1.45. The summed E-state index contributed by atoms with van der Waals surface area (Å²) >= 11 is 11.6. The first-order valence-electron chi connectivity index (χ1n) is 6.14. The topological polar surface area (TPSA) is 73.1 Å². The zero-order valence-electron chi connectivity index (χ0n) is 10.9. The number of hydrogen-bond donors (Lipinski definition) is 0. The van der Waals surface area contributed by atoms with Crippen LogP contribution in [0, 0.1) is 11.3 Å². The maximum Gasteiger partial charge on any atom is 0.257 e. The van der Waals surface area contributed by atoms with Gasteiger partial charge in [0.15, 0.2) is 10.3 Å². The van der Waals surface area contributed by atoms with Gasteiger partial charge < -0.3 is 4.90 Å². The molecule has 1 unspecified atom stereocenters. The molecule has 1 aliphatic heterocycles. The SMILES string of the molecule is CC(C#N)N1CCN(C(=O)c2cc(Cl)nnc2Cl)CC1. The molecular weight excluding hydrogens is 301 g/mol. The van der Waals surface area contributed by atoms with Crippen LogP contribution in [0.1, 0.15) is 17.3 Å². The van der Waals surface area contributed by atoms with Crippen molar-refractivity contribution in [2.45, 2.75) is 13.0 Å². The molecule has 0 aromatic carbocycles. The summed E-state index contributed by atoms with van der Waals surface area (Å²) in [6.07, 6.45) is 0. The highest BCUT2D eigenvalue weighted by Crippen LogP contribution is 2.18. The van der Waals surface area contributed by atoms with Crippen molar-refractivity contribution in [3.8, 4) is 6.07 Å². The summed E-state index contributed by atoms with van der Waals surface area (Å²) in [5, 5.41) is 16.3. The maximum atomic E-state index is 12.4. The van der Waals surface area contributed by atoms with Gasteiger partial charge in [-0.3, -0.25) is 9.69 Å². The zero-order chi connectivity index (χ0) is 14.7. The van der Waals surface area contributed by atoms with Crippen molar-refractivity contribution in [3.63, 3.8) is 0 Å². The lowest BCUT2D eigenvalue weighted by Crippen LogP contribution is -2.51. The fraction of sp³-hybridized carbons (Fsp3) is 0.500. The first-order chi connectivity index (χ1) is 9.52. The molecule has 0 N–H and O–H groups in total. The summed E-state index contributed by atoms with van der Waals surface area (Å²) in [7, 11) is 0. The van der Waals surface area contributed by atoms with Gasteiger partial charge in [0.2, 0.25) is 0 Å². The van der Waals surface area contributed by atoms with Crippen LogP contribution in [0.25, 0.3) is 0 Å². The van der Waals surface area contributed by atoms with E-state index in [1.165, 1.54) is 6.07 Å². The molecule has 2 rings (SSSR count). The minimum absolute atomic E-state index is 0.0484. The third kappa shape index (κ3) is 3.18. The van der Waals surface area contributed by atoms with E-state index in [9.17, 15) is 4.79 Å². The molecule has 1 aromatic heterocycles. The van der Waals surface area contributed by atoms with Crippen molar-refractivity contribution in [3.05, 3.63) is 21.9 Å². The molecule has 1 amide bonds. The summed E-state index contributed by atoms with van der Waals surface area (Å²) in [6, 6.07) is 3.47. The maximum absolute atomic E-state index is 12.4. The molecule has 1 atom stereocenters. The van der Waals surface area contributed by atoms with Crippen LogP contribution in [0.2, 0.25) is 10.3 Å². The normalized spacial score (nSPS) is 17.6. The lowest BCUT2D eigenvalue weighted by atomic mass is 10.2. The Morgan fingerprint density at radius 2 is 2.00 bits per heavy atom. The minimum Gasteiger partial charge on any atom is -0.336 e. The smallest absolute Gasteiger partial charge is 0.257 e. The largest absolute Gasteiger partial charge is 0.336 e. The number of amides is 1. The Balaban J connectivity index is 2.05. The fourth-order valence-corrected chi connectivity index (χ4v) is 2.39. The third-order valence-corrected chi connectivity index (χ3v) is 3.75. The van der Waals surface area contributed by atoms with Gasteiger partial charge in [0.05, 0.1) is 17.7 Å². The standard InChI is InChI=1S/C12H13Cl2N5O/c1-8(7-15)18-2-4-19(5-3-18)12(20)9-6-10(13)16-17-11(9)14/h6,8H,2-5H2,1H3. The quantitative estimate of drug-likeness (QED) is 0.826. The molecule has 0 saturated carbocycles. The summed E-state index contributed by atoms with van der Waals surface area (Å²) in [5.41, 5.74) is 0.258. The lowest BCUT2D eigenvalue weighted by Gasteiger charge is -2.35. The predicted molar refractivity (Wildman–Crippen MR) is 74.6 cm³/mol. The lowest BCUT2D eigenvalue weighted by molar-refractivity contribution is 0.0615. The second-order valence-electron chi connectivity index (χ2n) is 4.50. The highest BCUT2D eigenvalue weighted by molar-refractivity contribution is 6.34. The number of nitrogens with zero attached hydrogens (tertiary/aromatic N) is 5. The van der Waals surface area contributed by atoms with Crippen LogP contribution in [0.5, 0.6) is 0 Å². The molecule has 1 aliphatic rings. The summed E-state index contributed by atoms with van der Waals surface area (Å²) in [4.78, 5) is 16.1. The fourth-order valence-electron chi connectivity index (χ4n) is 2.07. The molecule has 2 heterocycles. The molecule has 6 nitrogen and oxygen atoms in total. The van der Waals surface area contributed by atoms with Gasteiger partial charge in [0, 0.05) is 26.2 Å². The van der Waals surface area contributed by atoms with Crippen molar-refractivity contribution in [2.24, 2.45) is 0 Å². The Labute approximate surface area is 126 Å². The third-order valence-electron chi connectivity index (χ3n) is 3.29. The average Bonchev–Trinajstić information content (AvgIpc) is 2.48. The van der Waals surface area contributed by atoms with Gasteiger partial charge in [-0.15, -0.1) is 10.2 Å². The van der Waals surface area contributed by atoms with Gasteiger partial charge >= 0.3 is 0 Å². The molecular formula is C12H13Cl2N5O. The first-order valence-corrected chi connectivity index (χ1v) is 6.90. The molecule has 8 heteroatoms. The Morgan fingerprint density at radius 1 is 1.35 bits per heavy atom. The molecule has 20 heavy (non-hydrogen) atoms. The van der Waals surface area contributed by atoms with Crippen molar-refractivity contribution in [1.82, 2.24) is 20.0 Å². The van der Waals surface area contributed by atoms with E-state index in [1.54, 1.807) is 4.90 Å². The van der Waals surface area contributed by atoms with Crippen LogP contribution in [-0.2, 0) is 0 Å². The second-order valence-corrected chi connectivity index (χ2v) is 5.25. The molecule has 0 radical (unpaired) electrons. The summed E-state index contributed by atoms with van der Waals surface area (Å²) < 4.78 is 0. The van der Waals surface area contributed by atoms with Crippen LogP contribution < -0.4 is 0 Å². The van der Waals surface area contributed by atoms with Crippen LogP contribution in [0.4, 0.5) is 0 Å². The highest BCUT2D eigenvalue weighted by atomic mass is 35.5. The Morgan fingerprint density at radius 3 is 2.60 bits per heavy atom. The molecule has 1 fully saturated rings. The molecule has 0 aliphatic carbocycles. The summed E-state index contributed by atoms with van der Waals surface area (Å²) in [5.74, 6) is -0.212. The van der Waals surface area contributed by atoms with Crippen LogP contribution in [0.15, 0.2) is 6.07 Å². The van der Waals surface area contributed by atoms with Gasteiger partial charge in [0.1, 0.15) is 0 Å². The van der Waals surface area contributed by atoms with E-state index >= 15 is 0 Å². The number of piperazine rings is 1. The number of rotatable bonds is 2. The zero-order valence-corrected chi connectivity index (χ0v) is 12.4. The monoisotopic (exact) mass is 313 g/mol. The van der Waals surface area contributed by atoms with Crippen molar-refractivity contribution < 1.29 is 4.79 Å². The van der Waals surface area contributed by atoms with Gasteiger partial charge in [-0.25, -0.2) is 0 Å². The van der Waals surface area contributed by atoms with Crippen LogP contribution >= 0.6 is 23.2 Å². The Kier molecular flexibility index (Phi) is 4.76. The van der Waals surface area contributed by atoms with E-state index in [1.807, 2.05) is 11.8 Å². The Bertz CT molecular complexity index is 551. The number of aromatic nitrogens is 2. The van der Waals surface area contributed by atoms with Gasteiger partial charge in [0.25, 0.3) is 5.91 Å². The molecule has 0 bridgehead atoms. The minimum atomic E-state index is -0.212. The number of carbonyl (C=O) groups is 1. The molecule has 1 aromatic rings. The van der Waals surface area contributed by atoms with E-state index in [-0.39, 0.29) is 27.8 Å². The van der Waals surface area contributed by atoms with E-state index in [0.717, 1.165) is 0 Å². The van der Waals surface area contributed by atoms with Crippen molar-refractivity contribution >= 4 is 29.1 Å². The van der Waals surface area contributed by atoms with Crippen LogP contribution in [-0.4, -0.2) is 58.1 Å². The number of carbonyl (C=O) groups excluding carboxylic acids is 1. The highest BCUT2D eigenvalue weighted by Gasteiger charge is 2.26. The van der Waals surface area contributed by atoms with Gasteiger partial charge in [-0.05, 0) is 13.0 Å². The van der Waals surface area contributed by atoms with E-state index in [0.29, 0.717) is 26.2 Å². The van der Waals surface area contributed by atoms with E-state index in [4.69, 9.17) is 28.5 Å². The molecule has 1 saturated heterocycles. The second kappa shape index (κ2) is 6.35. The van der Waals surface area contributed by atoms with E-state index < -0.39 is 0 Å². The van der Waals surface area contributed by atoms with Gasteiger partial charge in [-0.1, -0.05) is 23.2 Å². The van der Waals surface area contributed by atoms with E-state index in [2.05, 4.69) is 16.3 Å². The molecule has 0 spiro atoms. The number of nitriles is 1. The van der Waals surface area contributed by atoms with Crippen molar-refractivity contribution in [2.75, 3.05) is 26.2 Å². The van der Waals surface area contributed by atoms with Gasteiger partial charge in [-0.2, -0.15) is 5.26 Å². The first kappa shape index (κ1) is 15.0. The average molecular weight is 314 g/mol. The number of halogens is 2. The number of hydrogen-bond acceptors (Lipinski definition) is 5. The molecule has 106 valence electrons. The summed E-state index contributed by atoms with van der Waals surface area (Å²) in [6.45, 7) is 4.25. The Hall–Kier alpha value is -1.42. The van der Waals surface area contributed by atoms with Crippen molar-refractivity contribution in [1.29, 1.82) is 5.26 Å².